The van der Waals surface area contributed by atoms with Gasteiger partial charge in [0.25, 0.3) is 5.91 Å². The highest BCUT2D eigenvalue weighted by atomic mass is 16.6. The molecule has 0 aliphatic carbocycles. The van der Waals surface area contributed by atoms with Crippen LogP contribution in [0.5, 0.6) is 17.2 Å². The highest BCUT2D eigenvalue weighted by Crippen LogP contribution is 2.33. The lowest BCUT2D eigenvalue weighted by molar-refractivity contribution is -0.385. The van der Waals surface area contributed by atoms with Gasteiger partial charge in [0.15, 0.2) is 29.6 Å². The third-order valence-electron chi connectivity index (χ3n) is 3.93. The molecule has 0 aromatic heterocycles. The van der Waals surface area contributed by atoms with Crippen LogP contribution < -0.4 is 19.5 Å². The Bertz CT molecular complexity index is 925. The van der Waals surface area contributed by atoms with Crippen molar-refractivity contribution in [3.05, 3.63) is 51.6 Å². The lowest BCUT2D eigenvalue weighted by atomic mass is 10.1. The second-order valence-electron chi connectivity index (χ2n) is 5.85. The number of ether oxygens (including phenoxy) is 3. The van der Waals surface area contributed by atoms with Crippen molar-refractivity contribution in [1.29, 1.82) is 0 Å². The second kappa shape index (κ2) is 8.85. The van der Waals surface area contributed by atoms with Crippen molar-refractivity contribution in [2.45, 2.75) is 13.8 Å². The van der Waals surface area contributed by atoms with Gasteiger partial charge in [-0.25, -0.2) is 0 Å². The first kappa shape index (κ1) is 20.7. The molecule has 0 aliphatic rings. The minimum atomic E-state index is -0.558. The van der Waals surface area contributed by atoms with Crippen LogP contribution in [0.1, 0.15) is 22.8 Å². The summed E-state index contributed by atoms with van der Waals surface area (Å²) in [5.74, 6) is 0.0736. The molecule has 9 nitrogen and oxygen atoms in total. The van der Waals surface area contributed by atoms with E-state index < -0.39 is 10.8 Å². The number of Topliss-reactive ketones (excluding diaryl/α,β-unsaturated/α-hetero) is 1. The molecular weight excluding hydrogens is 368 g/mol. The van der Waals surface area contributed by atoms with Crippen LogP contribution >= 0.6 is 0 Å². The van der Waals surface area contributed by atoms with Crippen molar-refractivity contribution in [3.63, 3.8) is 0 Å². The highest BCUT2D eigenvalue weighted by molar-refractivity contribution is 5.95. The average Bonchev–Trinajstić information content (AvgIpc) is 2.67. The Hall–Kier alpha value is -3.62. The first-order valence-electron chi connectivity index (χ1n) is 8.21. The standard InChI is InChI=1S/C19H20N2O7/c1-11-7-15(21(24)25)17(26-3)9-14(11)20-19(23)10-28-16-6-5-13(12(2)22)8-18(16)27-4/h5-9H,10H2,1-4H3,(H,20,23). The molecule has 0 atom stereocenters. The number of benzene rings is 2. The van der Waals surface area contributed by atoms with Crippen LogP contribution in [0.3, 0.4) is 0 Å². The SMILES string of the molecule is COc1cc(C(C)=O)ccc1OCC(=O)Nc1cc(OC)c([N+](=O)[O-])cc1C. The maximum atomic E-state index is 12.2. The first-order valence-corrected chi connectivity index (χ1v) is 8.21. The summed E-state index contributed by atoms with van der Waals surface area (Å²) in [5.41, 5.74) is 1.14. The molecule has 0 saturated heterocycles. The number of methoxy groups -OCH3 is 2. The molecule has 0 aliphatic heterocycles. The lowest BCUT2D eigenvalue weighted by Crippen LogP contribution is -2.21. The van der Waals surface area contributed by atoms with E-state index in [9.17, 15) is 19.7 Å². The number of nitrogens with zero attached hydrogens (tertiary/aromatic N) is 1. The van der Waals surface area contributed by atoms with Gasteiger partial charge in [-0.2, -0.15) is 0 Å². The number of carbonyl (C=O) groups excluding carboxylic acids is 2. The Morgan fingerprint density at radius 2 is 1.75 bits per heavy atom. The van der Waals surface area contributed by atoms with Crippen LogP contribution in [-0.2, 0) is 4.79 Å². The molecule has 9 heteroatoms. The molecule has 2 aromatic carbocycles. The summed E-state index contributed by atoms with van der Waals surface area (Å²) in [6.07, 6.45) is 0. The number of nitro groups is 1. The van der Waals surface area contributed by atoms with Crippen LogP contribution in [0.2, 0.25) is 0 Å². The average molecular weight is 388 g/mol. The minimum absolute atomic E-state index is 0.0355. The first-order chi connectivity index (χ1) is 13.3. The molecule has 0 fully saturated rings. The molecule has 0 spiro atoms. The fourth-order valence-electron chi connectivity index (χ4n) is 2.45. The van der Waals surface area contributed by atoms with E-state index in [4.69, 9.17) is 14.2 Å². The molecule has 0 heterocycles. The van der Waals surface area contributed by atoms with Crippen molar-refractivity contribution in [2.24, 2.45) is 0 Å². The van der Waals surface area contributed by atoms with Gasteiger partial charge in [0.2, 0.25) is 0 Å². The Labute approximate surface area is 161 Å². The zero-order chi connectivity index (χ0) is 20.8. The Kier molecular flexibility index (Phi) is 6.54. The van der Waals surface area contributed by atoms with Gasteiger partial charge in [-0.05, 0) is 37.6 Å². The van der Waals surface area contributed by atoms with Gasteiger partial charge in [-0.1, -0.05) is 0 Å². The molecule has 0 saturated carbocycles. The van der Waals surface area contributed by atoms with Crippen LogP contribution in [0, 0.1) is 17.0 Å². The fraction of sp³-hybridized carbons (Fsp3) is 0.263. The number of nitro benzene ring substituents is 1. The largest absolute Gasteiger partial charge is 0.493 e. The number of rotatable bonds is 8. The van der Waals surface area contributed by atoms with E-state index in [1.165, 1.54) is 39.3 Å². The summed E-state index contributed by atoms with van der Waals surface area (Å²) in [5, 5.41) is 13.7. The third-order valence-corrected chi connectivity index (χ3v) is 3.93. The zero-order valence-corrected chi connectivity index (χ0v) is 15.9. The van der Waals surface area contributed by atoms with E-state index in [1.807, 2.05) is 0 Å². The molecule has 2 aromatic rings. The third kappa shape index (κ3) is 4.76. The van der Waals surface area contributed by atoms with Crippen LogP contribution in [-0.4, -0.2) is 37.4 Å². The van der Waals surface area contributed by atoms with Gasteiger partial charge in [-0.3, -0.25) is 19.7 Å². The summed E-state index contributed by atoms with van der Waals surface area (Å²) >= 11 is 0. The maximum Gasteiger partial charge on any atom is 0.311 e. The van der Waals surface area contributed by atoms with Gasteiger partial charge in [0.05, 0.1) is 19.1 Å². The van der Waals surface area contributed by atoms with E-state index in [-0.39, 0.29) is 23.8 Å². The molecule has 1 N–H and O–H groups in total. The Morgan fingerprint density at radius 1 is 1.07 bits per heavy atom. The van der Waals surface area contributed by atoms with Crippen molar-refractivity contribution in [1.82, 2.24) is 0 Å². The lowest BCUT2D eigenvalue weighted by Gasteiger charge is -2.13. The number of aryl methyl sites for hydroxylation is 1. The van der Waals surface area contributed by atoms with Gasteiger partial charge < -0.3 is 19.5 Å². The molecule has 28 heavy (non-hydrogen) atoms. The Morgan fingerprint density at radius 3 is 2.32 bits per heavy atom. The molecule has 0 radical (unpaired) electrons. The Balaban J connectivity index is 2.11. The van der Waals surface area contributed by atoms with E-state index in [1.54, 1.807) is 19.1 Å². The van der Waals surface area contributed by atoms with Crippen LogP contribution in [0.4, 0.5) is 11.4 Å². The summed E-state index contributed by atoms with van der Waals surface area (Å²) < 4.78 is 15.7. The summed E-state index contributed by atoms with van der Waals surface area (Å²) in [6, 6.07) is 7.35. The number of nitrogens with one attached hydrogen (secondary N) is 1. The molecule has 0 bridgehead atoms. The normalized spacial score (nSPS) is 10.1. The minimum Gasteiger partial charge on any atom is -0.493 e. The number of carbonyl (C=O) groups is 2. The van der Waals surface area contributed by atoms with E-state index in [0.29, 0.717) is 28.3 Å². The molecule has 1 amide bonds. The maximum absolute atomic E-state index is 12.2. The number of amides is 1. The van der Waals surface area contributed by atoms with E-state index >= 15 is 0 Å². The van der Waals surface area contributed by atoms with Crippen molar-refractivity contribution < 1.29 is 28.7 Å². The predicted molar refractivity (Wildman–Crippen MR) is 102 cm³/mol. The summed E-state index contributed by atoms with van der Waals surface area (Å²) in [7, 11) is 2.74. The number of hydrogen-bond acceptors (Lipinski definition) is 7. The van der Waals surface area contributed by atoms with E-state index in [0.717, 1.165) is 0 Å². The number of ketones is 1. The highest BCUT2D eigenvalue weighted by Gasteiger charge is 2.18. The predicted octanol–water partition coefficient (Wildman–Crippen LogP) is 3.14. The summed E-state index contributed by atoms with van der Waals surface area (Å²) in [4.78, 5) is 34.1. The number of anilines is 1. The van der Waals surface area contributed by atoms with Crippen molar-refractivity contribution in [2.75, 3.05) is 26.1 Å². The van der Waals surface area contributed by atoms with Crippen molar-refractivity contribution in [3.8, 4) is 17.2 Å². The van der Waals surface area contributed by atoms with Gasteiger partial charge in [0, 0.05) is 23.4 Å². The molecular formula is C19H20N2O7. The molecule has 0 unspecified atom stereocenters. The number of hydrogen-bond donors (Lipinski definition) is 1. The summed E-state index contributed by atoms with van der Waals surface area (Å²) in [6.45, 7) is 2.74. The second-order valence-corrected chi connectivity index (χ2v) is 5.85. The van der Waals surface area contributed by atoms with Gasteiger partial charge in [0.1, 0.15) is 0 Å². The van der Waals surface area contributed by atoms with E-state index in [2.05, 4.69) is 5.32 Å². The van der Waals surface area contributed by atoms with Crippen LogP contribution in [0.15, 0.2) is 30.3 Å². The molecule has 2 rings (SSSR count). The fourth-order valence-corrected chi connectivity index (χ4v) is 2.45. The van der Waals surface area contributed by atoms with Gasteiger partial charge in [-0.15, -0.1) is 0 Å². The topological polar surface area (TPSA) is 117 Å². The smallest absolute Gasteiger partial charge is 0.311 e. The monoisotopic (exact) mass is 388 g/mol. The van der Waals surface area contributed by atoms with Gasteiger partial charge >= 0.3 is 5.69 Å². The van der Waals surface area contributed by atoms with Crippen LogP contribution in [0.25, 0.3) is 0 Å². The van der Waals surface area contributed by atoms with Crippen molar-refractivity contribution >= 4 is 23.1 Å². The quantitative estimate of drug-likeness (QED) is 0.419. The zero-order valence-electron chi connectivity index (χ0n) is 15.9. The molecule has 148 valence electrons.